The van der Waals surface area contributed by atoms with Gasteiger partial charge in [0, 0.05) is 30.8 Å². The van der Waals surface area contributed by atoms with Gasteiger partial charge in [0.15, 0.2) is 5.96 Å². The van der Waals surface area contributed by atoms with Crippen molar-refractivity contribution < 1.29 is 8.42 Å². The molecule has 0 fully saturated rings. The van der Waals surface area contributed by atoms with Crippen molar-refractivity contribution in [2.45, 2.75) is 25.8 Å². The fraction of sp³-hybridized carbons (Fsp3) is 0.615. The highest BCUT2D eigenvalue weighted by molar-refractivity contribution is 9.11. The molecule has 1 rings (SSSR count). The first kappa shape index (κ1) is 18.4. The smallest absolute Gasteiger partial charge is 0.191 e. The van der Waals surface area contributed by atoms with Crippen molar-refractivity contribution in [3.63, 3.8) is 0 Å². The molecule has 1 aromatic rings. The largest absolute Gasteiger partial charge is 0.356 e. The lowest BCUT2D eigenvalue weighted by Crippen LogP contribution is -2.43. The zero-order chi connectivity index (χ0) is 15.9. The molecule has 1 heterocycles. The number of sulfone groups is 1. The van der Waals surface area contributed by atoms with Crippen LogP contribution in [0, 0.1) is 0 Å². The Morgan fingerprint density at radius 1 is 1.48 bits per heavy atom. The van der Waals surface area contributed by atoms with Crippen molar-refractivity contribution in [1.82, 2.24) is 10.6 Å². The minimum absolute atomic E-state index is 0.0572. The van der Waals surface area contributed by atoms with E-state index >= 15 is 0 Å². The molecule has 0 aliphatic carbocycles. The van der Waals surface area contributed by atoms with Crippen LogP contribution in [0.15, 0.2) is 20.9 Å². The summed E-state index contributed by atoms with van der Waals surface area (Å²) in [6.45, 7) is 2.74. The van der Waals surface area contributed by atoms with E-state index in [-0.39, 0.29) is 11.8 Å². The van der Waals surface area contributed by atoms with Gasteiger partial charge >= 0.3 is 0 Å². The molecule has 1 aromatic heterocycles. The third-order valence-electron chi connectivity index (χ3n) is 2.82. The lowest BCUT2D eigenvalue weighted by Gasteiger charge is -2.17. The van der Waals surface area contributed by atoms with E-state index in [1.807, 2.05) is 13.0 Å². The molecule has 120 valence electrons. The van der Waals surface area contributed by atoms with Crippen molar-refractivity contribution in [2.75, 3.05) is 25.6 Å². The van der Waals surface area contributed by atoms with Gasteiger partial charge in [-0.05, 0) is 47.8 Å². The Morgan fingerprint density at radius 3 is 2.71 bits per heavy atom. The number of hydrogen-bond donors (Lipinski definition) is 2. The number of nitrogens with one attached hydrogen (secondary N) is 2. The average molecular weight is 396 g/mol. The van der Waals surface area contributed by atoms with E-state index in [0.29, 0.717) is 12.4 Å². The Kier molecular flexibility index (Phi) is 7.69. The monoisotopic (exact) mass is 395 g/mol. The molecule has 0 saturated carbocycles. The summed E-state index contributed by atoms with van der Waals surface area (Å²) in [6.07, 6.45) is 2.75. The molecule has 0 amide bonds. The minimum atomic E-state index is -2.92. The standard InChI is InChI=1S/C13H22BrN3O2S2/c1-10(7-9-21(3,18)19)17-13(15-2)16-8-6-11-4-5-12(14)20-11/h4-5,10H,6-9H2,1-3H3,(H2,15,16,17). The quantitative estimate of drug-likeness (QED) is 0.547. The molecule has 1 unspecified atom stereocenters. The lowest BCUT2D eigenvalue weighted by atomic mass is 10.3. The molecule has 21 heavy (non-hydrogen) atoms. The highest BCUT2D eigenvalue weighted by Crippen LogP contribution is 2.21. The zero-order valence-electron chi connectivity index (χ0n) is 12.5. The number of halogens is 1. The van der Waals surface area contributed by atoms with Gasteiger partial charge in [-0.3, -0.25) is 4.99 Å². The Hall–Kier alpha value is -0.600. The minimum Gasteiger partial charge on any atom is -0.356 e. The molecule has 0 radical (unpaired) electrons. The van der Waals surface area contributed by atoms with E-state index in [1.54, 1.807) is 18.4 Å². The van der Waals surface area contributed by atoms with Gasteiger partial charge in [-0.25, -0.2) is 8.42 Å². The molecule has 1 atom stereocenters. The van der Waals surface area contributed by atoms with Gasteiger partial charge in [-0.15, -0.1) is 11.3 Å². The predicted octanol–water partition coefficient (Wildman–Crippen LogP) is 2.04. The first-order valence-corrected chi connectivity index (χ1v) is 10.4. The Balaban J connectivity index is 2.31. The Bertz CT molecular complexity index is 570. The molecule has 0 aliphatic rings. The third-order valence-corrected chi connectivity index (χ3v) is 5.48. The molecule has 5 nitrogen and oxygen atoms in total. The fourth-order valence-electron chi connectivity index (χ4n) is 1.68. The number of nitrogens with zero attached hydrogens (tertiary/aromatic N) is 1. The van der Waals surface area contributed by atoms with Gasteiger partial charge in [0.1, 0.15) is 9.84 Å². The number of guanidine groups is 1. The van der Waals surface area contributed by atoms with E-state index in [4.69, 9.17) is 0 Å². The fourth-order valence-corrected chi connectivity index (χ4v) is 3.95. The normalized spacial score (nSPS) is 14.0. The number of rotatable bonds is 7. The summed E-state index contributed by atoms with van der Waals surface area (Å²) in [6, 6.07) is 4.20. The molecule has 8 heteroatoms. The van der Waals surface area contributed by atoms with Crippen molar-refractivity contribution in [3.8, 4) is 0 Å². The van der Waals surface area contributed by atoms with Gasteiger partial charge < -0.3 is 10.6 Å². The molecule has 0 aromatic carbocycles. The van der Waals surface area contributed by atoms with Gasteiger partial charge in [0.2, 0.25) is 0 Å². The first-order valence-electron chi connectivity index (χ1n) is 6.69. The average Bonchev–Trinajstić information content (AvgIpc) is 2.80. The van der Waals surface area contributed by atoms with Crippen LogP contribution in [0.2, 0.25) is 0 Å². The summed E-state index contributed by atoms with van der Waals surface area (Å²) in [5.41, 5.74) is 0. The second-order valence-corrected chi connectivity index (χ2v) is 9.73. The highest BCUT2D eigenvalue weighted by Gasteiger charge is 2.09. The van der Waals surface area contributed by atoms with Gasteiger partial charge in [0.25, 0.3) is 0 Å². The second kappa shape index (κ2) is 8.75. The van der Waals surface area contributed by atoms with Crippen LogP contribution < -0.4 is 10.6 Å². The van der Waals surface area contributed by atoms with Gasteiger partial charge in [-0.2, -0.15) is 0 Å². The Morgan fingerprint density at radius 2 is 2.19 bits per heavy atom. The Labute approximate surface area is 139 Å². The molecule has 0 aliphatic heterocycles. The summed E-state index contributed by atoms with van der Waals surface area (Å²) in [5, 5.41) is 6.44. The molecule has 0 bridgehead atoms. The van der Waals surface area contributed by atoms with Crippen molar-refractivity contribution in [1.29, 1.82) is 0 Å². The van der Waals surface area contributed by atoms with Crippen LogP contribution in [0.5, 0.6) is 0 Å². The highest BCUT2D eigenvalue weighted by atomic mass is 79.9. The van der Waals surface area contributed by atoms with Crippen LogP contribution in [0.25, 0.3) is 0 Å². The summed E-state index contributed by atoms with van der Waals surface area (Å²) in [4.78, 5) is 5.45. The van der Waals surface area contributed by atoms with Gasteiger partial charge in [-0.1, -0.05) is 0 Å². The SMILES string of the molecule is CN=C(NCCc1ccc(Br)s1)NC(C)CCS(C)(=O)=O. The second-order valence-electron chi connectivity index (χ2n) is 4.92. The van der Waals surface area contributed by atoms with Crippen LogP contribution in [0.3, 0.4) is 0 Å². The molecule has 0 spiro atoms. The van der Waals surface area contributed by atoms with Gasteiger partial charge in [0.05, 0.1) is 9.54 Å². The summed E-state index contributed by atoms with van der Waals surface area (Å²) in [7, 11) is -1.21. The van der Waals surface area contributed by atoms with Crippen LogP contribution in [-0.4, -0.2) is 46.0 Å². The van der Waals surface area contributed by atoms with Crippen molar-refractivity contribution >= 4 is 43.1 Å². The third kappa shape index (κ3) is 8.43. The maximum atomic E-state index is 11.1. The van der Waals surface area contributed by atoms with Crippen LogP contribution in [0.1, 0.15) is 18.2 Å². The zero-order valence-corrected chi connectivity index (χ0v) is 15.7. The van der Waals surface area contributed by atoms with Crippen LogP contribution >= 0.6 is 27.3 Å². The van der Waals surface area contributed by atoms with E-state index in [0.717, 1.165) is 16.8 Å². The molecule has 0 saturated heterocycles. The van der Waals surface area contributed by atoms with Crippen LogP contribution in [0.4, 0.5) is 0 Å². The summed E-state index contributed by atoms with van der Waals surface area (Å²) >= 11 is 5.17. The van der Waals surface area contributed by atoms with Crippen molar-refractivity contribution in [2.24, 2.45) is 4.99 Å². The van der Waals surface area contributed by atoms with Crippen LogP contribution in [-0.2, 0) is 16.3 Å². The van der Waals surface area contributed by atoms with E-state index < -0.39 is 9.84 Å². The maximum absolute atomic E-state index is 11.1. The number of hydrogen-bond acceptors (Lipinski definition) is 4. The number of aliphatic imine (C=N–C) groups is 1. The maximum Gasteiger partial charge on any atom is 0.191 e. The molecule has 2 N–H and O–H groups in total. The van der Waals surface area contributed by atoms with E-state index in [9.17, 15) is 8.42 Å². The van der Waals surface area contributed by atoms with E-state index in [1.165, 1.54) is 11.1 Å². The lowest BCUT2D eigenvalue weighted by molar-refractivity contribution is 0.581. The summed E-state index contributed by atoms with van der Waals surface area (Å²) in [5.74, 6) is 0.883. The summed E-state index contributed by atoms with van der Waals surface area (Å²) < 4.78 is 23.4. The topological polar surface area (TPSA) is 70.6 Å². The number of thiophene rings is 1. The molecular formula is C13H22BrN3O2S2. The van der Waals surface area contributed by atoms with Crippen molar-refractivity contribution in [3.05, 3.63) is 20.8 Å². The van der Waals surface area contributed by atoms with E-state index in [2.05, 4.69) is 37.6 Å². The first-order chi connectivity index (χ1) is 9.80. The predicted molar refractivity (Wildman–Crippen MR) is 94.0 cm³/mol. The molecular weight excluding hydrogens is 374 g/mol.